The smallest absolute Gasteiger partial charge is 0.410 e. The number of rotatable bonds is 4. The summed E-state index contributed by atoms with van der Waals surface area (Å²) in [4.78, 5) is 21.7. The summed E-state index contributed by atoms with van der Waals surface area (Å²) >= 11 is 0. The van der Waals surface area contributed by atoms with Crippen LogP contribution in [0.5, 0.6) is 0 Å². The van der Waals surface area contributed by atoms with Crippen LogP contribution in [-0.2, 0) is 11.2 Å². The Labute approximate surface area is 152 Å². The number of β-amino-alcohol motifs (C(OH)–C–C–N with tert-alkyl or cyclic N) is 1. The number of allylic oxidation sites excluding steroid dienone is 3. The lowest BCUT2D eigenvalue weighted by Crippen LogP contribution is -2.38. The molecule has 4 rings (SSSR count). The molecule has 2 aromatic heterocycles. The van der Waals surface area contributed by atoms with Crippen LogP contribution in [0.2, 0.25) is 0 Å². The molecule has 0 bridgehead atoms. The minimum absolute atomic E-state index is 0.0708. The van der Waals surface area contributed by atoms with Gasteiger partial charge in [-0.05, 0) is 37.0 Å². The van der Waals surface area contributed by atoms with E-state index in [1.807, 2.05) is 30.5 Å². The molecule has 2 aromatic rings. The molecule has 3 heterocycles. The summed E-state index contributed by atoms with van der Waals surface area (Å²) in [6.45, 7) is 0.695. The Hall–Kier alpha value is -2.60. The van der Waals surface area contributed by atoms with Gasteiger partial charge in [-0.15, -0.1) is 0 Å². The molecule has 26 heavy (non-hydrogen) atoms. The number of aliphatic hydroxyl groups is 1. The molecular weight excluding hydrogens is 330 g/mol. The predicted octanol–water partition coefficient (Wildman–Crippen LogP) is 2.81. The summed E-state index contributed by atoms with van der Waals surface area (Å²) in [5.41, 5.74) is 1.94. The summed E-state index contributed by atoms with van der Waals surface area (Å²) in [6, 6.07) is 3.85. The van der Waals surface area contributed by atoms with Crippen molar-refractivity contribution in [3.63, 3.8) is 0 Å². The number of aromatic amines is 1. The number of hydrogen-bond acceptors (Lipinski definition) is 4. The molecule has 3 atom stereocenters. The summed E-state index contributed by atoms with van der Waals surface area (Å²) in [7, 11) is 0. The van der Waals surface area contributed by atoms with Crippen molar-refractivity contribution in [2.24, 2.45) is 5.92 Å². The lowest BCUT2D eigenvalue weighted by Gasteiger charge is -2.24. The average Bonchev–Trinajstić information content (AvgIpc) is 3.24. The number of ether oxygens (including phenoxy) is 1. The first-order valence-corrected chi connectivity index (χ1v) is 9.06. The molecule has 1 fully saturated rings. The van der Waals surface area contributed by atoms with Crippen LogP contribution >= 0.6 is 0 Å². The maximum atomic E-state index is 12.6. The minimum atomic E-state index is -0.506. The molecule has 6 nitrogen and oxygen atoms in total. The van der Waals surface area contributed by atoms with Crippen LogP contribution in [-0.4, -0.2) is 51.4 Å². The van der Waals surface area contributed by atoms with Crippen LogP contribution in [0.3, 0.4) is 0 Å². The van der Waals surface area contributed by atoms with E-state index in [1.54, 1.807) is 11.1 Å². The van der Waals surface area contributed by atoms with Gasteiger partial charge in [0.1, 0.15) is 5.65 Å². The number of hydrogen-bond donors (Lipinski definition) is 2. The fourth-order valence-electron chi connectivity index (χ4n) is 3.76. The first kappa shape index (κ1) is 16.8. The van der Waals surface area contributed by atoms with E-state index in [0.29, 0.717) is 26.0 Å². The Balaban J connectivity index is 1.42. The van der Waals surface area contributed by atoms with E-state index >= 15 is 0 Å². The average molecular weight is 353 g/mol. The van der Waals surface area contributed by atoms with Gasteiger partial charge >= 0.3 is 6.09 Å². The van der Waals surface area contributed by atoms with Crippen molar-refractivity contribution in [2.75, 3.05) is 13.2 Å². The number of fused-ring (bicyclic) bond motifs is 1. The van der Waals surface area contributed by atoms with E-state index in [1.165, 1.54) is 0 Å². The van der Waals surface area contributed by atoms with E-state index in [4.69, 9.17) is 4.74 Å². The van der Waals surface area contributed by atoms with Crippen molar-refractivity contribution < 1.29 is 14.6 Å². The Morgan fingerprint density at radius 3 is 3.19 bits per heavy atom. The molecule has 0 radical (unpaired) electrons. The number of nitrogens with one attached hydrogen (secondary N) is 1. The van der Waals surface area contributed by atoms with Crippen molar-refractivity contribution >= 4 is 17.1 Å². The zero-order chi connectivity index (χ0) is 17.9. The molecule has 2 N–H and O–H groups in total. The van der Waals surface area contributed by atoms with Gasteiger partial charge < -0.3 is 19.7 Å². The van der Waals surface area contributed by atoms with Gasteiger partial charge in [-0.2, -0.15) is 0 Å². The lowest BCUT2D eigenvalue weighted by atomic mass is 10.0. The molecule has 0 spiro atoms. The number of amides is 1. The van der Waals surface area contributed by atoms with Crippen LogP contribution < -0.4 is 0 Å². The van der Waals surface area contributed by atoms with Crippen LogP contribution in [0, 0.1) is 5.92 Å². The fourth-order valence-corrected chi connectivity index (χ4v) is 3.76. The van der Waals surface area contributed by atoms with E-state index in [2.05, 4.69) is 22.1 Å². The Morgan fingerprint density at radius 2 is 2.35 bits per heavy atom. The van der Waals surface area contributed by atoms with Gasteiger partial charge in [-0.3, -0.25) is 0 Å². The van der Waals surface area contributed by atoms with Crippen LogP contribution in [0.15, 0.2) is 48.8 Å². The molecule has 1 aliphatic heterocycles. The number of carbonyl (C=O) groups is 1. The highest BCUT2D eigenvalue weighted by molar-refractivity contribution is 5.79. The van der Waals surface area contributed by atoms with E-state index < -0.39 is 6.10 Å². The third-order valence-electron chi connectivity index (χ3n) is 5.11. The van der Waals surface area contributed by atoms with Crippen molar-refractivity contribution in [3.05, 3.63) is 54.4 Å². The first-order chi connectivity index (χ1) is 12.7. The van der Waals surface area contributed by atoms with Crippen LogP contribution in [0.4, 0.5) is 4.79 Å². The van der Waals surface area contributed by atoms with E-state index in [9.17, 15) is 9.90 Å². The summed E-state index contributed by atoms with van der Waals surface area (Å²) in [5.74, 6) is 0.231. The zero-order valence-electron chi connectivity index (χ0n) is 14.5. The standard InChI is InChI=1S/C20H23N3O3/c24-17-10-16(9-15-11-22-19-18(15)7-4-8-21-19)23(12-17)20(25)26-13-14-5-2-1-3-6-14/h1-5,7-8,11,14,16-17,24H,6,9-10,12-13H2,(H,21,22)/t14?,16-,17+/m1/s1. The Kier molecular flexibility index (Phi) is 4.75. The van der Waals surface area contributed by atoms with E-state index in [0.717, 1.165) is 23.0 Å². The number of pyridine rings is 1. The minimum Gasteiger partial charge on any atom is -0.449 e. The van der Waals surface area contributed by atoms with Gasteiger partial charge in [0.05, 0.1) is 19.3 Å². The highest BCUT2D eigenvalue weighted by atomic mass is 16.6. The van der Waals surface area contributed by atoms with Gasteiger partial charge in [0, 0.05) is 29.7 Å². The van der Waals surface area contributed by atoms with Gasteiger partial charge in [0.15, 0.2) is 0 Å². The molecular formula is C20H23N3O3. The summed E-state index contributed by atoms with van der Waals surface area (Å²) < 4.78 is 5.52. The third kappa shape index (κ3) is 3.51. The molecule has 136 valence electrons. The first-order valence-electron chi connectivity index (χ1n) is 9.06. The molecule has 1 unspecified atom stereocenters. The summed E-state index contributed by atoms with van der Waals surface area (Å²) in [6.07, 6.45) is 13.1. The lowest BCUT2D eigenvalue weighted by molar-refractivity contribution is 0.0853. The zero-order valence-corrected chi connectivity index (χ0v) is 14.5. The molecule has 6 heteroatoms. The monoisotopic (exact) mass is 353 g/mol. The third-order valence-corrected chi connectivity index (χ3v) is 5.11. The number of H-pyrrole nitrogens is 1. The number of likely N-dealkylation sites (tertiary alicyclic amines) is 1. The summed E-state index contributed by atoms with van der Waals surface area (Å²) in [5, 5.41) is 11.1. The second kappa shape index (κ2) is 7.33. The molecule has 1 aliphatic carbocycles. The maximum Gasteiger partial charge on any atom is 0.410 e. The Morgan fingerprint density at radius 1 is 1.42 bits per heavy atom. The number of nitrogens with zero attached hydrogens (tertiary/aromatic N) is 2. The van der Waals surface area contributed by atoms with Crippen LogP contribution in [0.1, 0.15) is 18.4 Å². The quantitative estimate of drug-likeness (QED) is 0.886. The number of carbonyl (C=O) groups excluding carboxylic acids is 1. The Bertz CT molecular complexity index is 842. The predicted molar refractivity (Wildman–Crippen MR) is 98.7 cm³/mol. The number of aliphatic hydroxyl groups excluding tert-OH is 1. The van der Waals surface area contributed by atoms with Gasteiger partial charge in [-0.1, -0.05) is 24.3 Å². The highest BCUT2D eigenvalue weighted by Crippen LogP contribution is 2.26. The molecule has 1 amide bonds. The molecule has 1 saturated heterocycles. The van der Waals surface area contributed by atoms with Gasteiger partial charge in [0.2, 0.25) is 0 Å². The van der Waals surface area contributed by atoms with Crippen molar-refractivity contribution in [1.29, 1.82) is 0 Å². The SMILES string of the molecule is O=C(OCC1C=CC=CC1)N1C[C@@H](O)C[C@H]1Cc1c[nH]c2ncccc12. The second-order valence-electron chi connectivity index (χ2n) is 7.00. The fraction of sp³-hybridized carbons (Fsp3) is 0.400. The number of aromatic nitrogens is 2. The van der Waals surface area contributed by atoms with Crippen LogP contribution in [0.25, 0.3) is 11.0 Å². The normalized spacial score (nSPS) is 25.1. The second-order valence-corrected chi connectivity index (χ2v) is 7.00. The molecule has 0 aromatic carbocycles. The highest BCUT2D eigenvalue weighted by Gasteiger charge is 2.35. The van der Waals surface area contributed by atoms with Crippen molar-refractivity contribution in [2.45, 2.75) is 31.4 Å². The van der Waals surface area contributed by atoms with Gasteiger partial charge in [-0.25, -0.2) is 9.78 Å². The van der Waals surface area contributed by atoms with Crippen molar-refractivity contribution in [3.8, 4) is 0 Å². The largest absolute Gasteiger partial charge is 0.449 e. The molecule has 0 saturated carbocycles. The maximum absolute atomic E-state index is 12.6. The van der Waals surface area contributed by atoms with E-state index in [-0.39, 0.29) is 18.1 Å². The van der Waals surface area contributed by atoms with Crippen molar-refractivity contribution in [1.82, 2.24) is 14.9 Å². The van der Waals surface area contributed by atoms with Gasteiger partial charge in [0.25, 0.3) is 0 Å². The topological polar surface area (TPSA) is 78.5 Å². The molecule has 2 aliphatic rings.